The molecule has 0 bridgehead atoms. The molecule has 0 aliphatic rings. The second-order valence-corrected chi connectivity index (χ2v) is 4.91. The van der Waals surface area contributed by atoms with Crippen LogP contribution in [0.25, 0.3) is 0 Å². The summed E-state index contributed by atoms with van der Waals surface area (Å²) in [6.07, 6.45) is 0. The number of hydrogen-bond donors (Lipinski definition) is 2. The fourth-order valence-corrected chi connectivity index (χ4v) is 2.14. The van der Waals surface area contributed by atoms with Gasteiger partial charge in [0.25, 0.3) is 0 Å². The van der Waals surface area contributed by atoms with E-state index in [-0.39, 0.29) is 0 Å². The quantitative estimate of drug-likeness (QED) is 0.909. The first-order valence-electron chi connectivity index (χ1n) is 5.66. The number of benzene rings is 2. The zero-order valence-corrected chi connectivity index (χ0v) is 11.7. The van der Waals surface area contributed by atoms with Crippen LogP contribution < -0.4 is 16.2 Å². The average molecular weight is 321 g/mol. The SMILES string of the molecule is NCc1cc(Br)cc(Oc2ccc(C(N)=O)cc2)c1. The number of primary amides is 1. The largest absolute Gasteiger partial charge is 0.457 e. The Morgan fingerprint density at radius 3 is 2.37 bits per heavy atom. The molecule has 0 saturated heterocycles. The molecule has 4 N–H and O–H groups in total. The maximum Gasteiger partial charge on any atom is 0.248 e. The van der Waals surface area contributed by atoms with Crippen LogP contribution in [0, 0.1) is 0 Å². The predicted octanol–water partition coefficient (Wildman–Crippen LogP) is 2.80. The number of carbonyl (C=O) groups excluding carboxylic acids is 1. The lowest BCUT2D eigenvalue weighted by Crippen LogP contribution is -2.10. The highest BCUT2D eigenvalue weighted by atomic mass is 79.9. The molecule has 0 aliphatic carbocycles. The van der Waals surface area contributed by atoms with Gasteiger partial charge in [-0.3, -0.25) is 4.79 Å². The van der Waals surface area contributed by atoms with Crippen molar-refractivity contribution in [1.82, 2.24) is 0 Å². The molecular formula is C14H13BrN2O2. The number of amides is 1. The summed E-state index contributed by atoms with van der Waals surface area (Å²) in [4.78, 5) is 11.0. The van der Waals surface area contributed by atoms with E-state index < -0.39 is 5.91 Å². The van der Waals surface area contributed by atoms with Gasteiger partial charge in [0.2, 0.25) is 5.91 Å². The van der Waals surface area contributed by atoms with Gasteiger partial charge in [-0.15, -0.1) is 0 Å². The van der Waals surface area contributed by atoms with Crippen molar-refractivity contribution in [3.8, 4) is 11.5 Å². The Morgan fingerprint density at radius 1 is 1.11 bits per heavy atom. The van der Waals surface area contributed by atoms with E-state index in [0.29, 0.717) is 23.6 Å². The van der Waals surface area contributed by atoms with E-state index in [1.54, 1.807) is 24.3 Å². The van der Waals surface area contributed by atoms with Crippen molar-refractivity contribution in [1.29, 1.82) is 0 Å². The van der Waals surface area contributed by atoms with Crippen molar-refractivity contribution < 1.29 is 9.53 Å². The normalized spacial score (nSPS) is 10.2. The Labute approximate surface area is 119 Å². The number of ether oxygens (including phenoxy) is 1. The minimum atomic E-state index is -0.459. The first-order chi connectivity index (χ1) is 9.08. The van der Waals surface area contributed by atoms with Gasteiger partial charge in [0.05, 0.1) is 0 Å². The van der Waals surface area contributed by atoms with E-state index in [1.807, 2.05) is 18.2 Å². The van der Waals surface area contributed by atoms with E-state index in [9.17, 15) is 4.79 Å². The maximum atomic E-state index is 11.0. The van der Waals surface area contributed by atoms with Crippen molar-refractivity contribution in [2.45, 2.75) is 6.54 Å². The fraction of sp³-hybridized carbons (Fsp3) is 0.0714. The zero-order chi connectivity index (χ0) is 13.8. The molecule has 4 nitrogen and oxygen atoms in total. The summed E-state index contributed by atoms with van der Waals surface area (Å²) in [6.45, 7) is 0.441. The Hall–Kier alpha value is -1.85. The van der Waals surface area contributed by atoms with Gasteiger partial charge < -0.3 is 16.2 Å². The lowest BCUT2D eigenvalue weighted by molar-refractivity contribution is 0.100. The number of hydrogen-bond acceptors (Lipinski definition) is 3. The van der Waals surface area contributed by atoms with Gasteiger partial charge in [0, 0.05) is 16.6 Å². The molecule has 0 unspecified atom stereocenters. The Kier molecular flexibility index (Phi) is 4.19. The fourth-order valence-electron chi connectivity index (χ4n) is 1.62. The summed E-state index contributed by atoms with van der Waals surface area (Å²) in [6, 6.07) is 12.3. The molecule has 5 heteroatoms. The van der Waals surface area contributed by atoms with E-state index in [1.165, 1.54) is 0 Å². The van der Waals surface area contributed by atoms with Crippen LogP contribution in [-0.4, -0.2) is 5.91 Å². The lowest BCUT2D eigenvalue weighted by Gasteiger charge is -2.08. The molecule has 0 fully saturated rings. The molecule has 2 rings (SSSR count). The lowest BCUT2D eigenvalue weighted by atomic mass is 10.2. The molecule has 0 spiro atoms. The van der Waals surface area contributed by atoms with Gasteiger partial charge >= 0.3 is 0 Å². The Morgan fingerprint density at radius 2 is 1.79 bits per heavy atom. The second kappa shape index (κ2) is 5.86. The number of halogens is 1. The van der Waals surface area contributed by atoms with Gasteiger partial charge in [-0.25, -0.2) is 0 Å². The van der Waals surface area contributed by atoms with Crippen molar-refractivity contribution in [2.24, 2.45) is 11.5 Å². The summed E-state index contributed by atoms with van der Waals surface area (Å²) >= 11 is 3.40. The molecular weight excluding hydrogens is 308 g/mol. The van der Waals surface area contributed by atoms with Crippen LogP contribution in [0.15, 0.2) is 46.9 Å². The van der Waals surface area contributed by atoms with Crippen molar-refractivity contribution >= 4 is 21.8 Å². The zero-order valence-electron chi connectivity index (χ0n) is 10.1. The van der Waals surface area contributed by atoms with Crippen LogP contribution in [0.3, 0.4) is 0 Å². The highest BCUT2D eigenvalue weighted by molar-refractivity contribution is 9.10. The van der Waals surface area contributed by atoms with Gasteiger partial charge in [0.1, 0.15) is 11.5 Å². The van der Waals surface area contributed by atoms with Crippen LogP contribution >= 0.6 is 15.9 Å². The third-order valence-corrected chi connectivity index (χ3v) is 3.00. The van der Waals surface area contributed by atoms with E-state index in [2.05, 4.69) is 15.9 Å². The van der Waals surface area contributed by atoms with Gasteiger partial charge in [-0.05, 0) is 48.0 Å². The van der Waals surface area contributed by atoms with Gasteiger partial charge in [0.15, 0.2) is 0 Å². The minimum absolute atomic E-state index is 0.441. The molecule has 98 valence electrons. The third-order valence-electron chi connectivity index (χ3n) is 2.54. The summed E-state index contributed by atoms with van der Waals surface area (Å²) < 4.78 is 6.60. The summed E-state index contributed by atoms with van der Waals surface area (Å²) in [7, 11) is 0. The van der Waals surface area contributed by atoms with Crippen LogP contribution in [0.5, 0.6) is 11.5 Å². The second-order valence-electron chi connectivity index (χ2n) is 3.99. The highest BCUT2D eigenvalue weighted by Gasteiger charge is 2.03. The van der Waals surface area contributed by atoms with Crippen molar-refractivity contribution in [3.63, 3.8) is 0 Å². The maximum absolute atomic E-state index is 11.0. The predicted molar refractivity (Wildman–Crippen MR) is 77.1 cm³/mol. The average Bonchev–Trinajstić information content (AvgIpc) is 2.38. The van der Waals surface area contributed by atoms with Crippen molar-refractivity contribution in [2.75, 3.05) is 0 Å². The number of carbonyl (C=O) groups is 1. The molecule has 0 atom stereocenters. The molecule has 2 aromatic rings. The van der Waals surface area contributed by atoms with E-state index in [0.717, 1.165) is 10.0 Å². The smallest absolute Gasteiger partial charge is 0.248 e. The van der Waals surface area contributed by atoms with Gasteiger partial charge in [-0.1, -0.05) is 15.9 Å². The van der Waals surface area contributed by atoms with E-state index in [4.69, 9.17) is 16.2 Å². The minimum Gasteiger partial charge on any atom is -0.457 e. The molecule has 2 aromatic carbocycles. The summed E-state index contributed by atoms with van der Waals surface area (Å²) in [5.41, 5.74) is 12.2. The Balaban J connectivity index is 2.21. The van der Waals surface area contributed by atoms with Crippen LogP contribution in [-0.2, 0) is 6.54 Å². The van der Waals surface area contributed by atoms with Crippen LogP contribution in [0.4, 0.5) is 0 Å². The molecule has 19 heavy (non-hydrogen) atoms. The highest BCUT2D eigenvalue weighted by Crippen LogP contribution is 2.26. The molecule has 0 saturated carbocycles. The third kappa shape index (κ3) is 3.56. The standard InChI is InChI=1S/C14H13BrN2O2/c15-11-5-9(8-16)6-13(7-11)19-12-3-1-10(2-4-12)14(17)18/h1-7H,8,16H2,(H2,17,18). The van der Waals surface area contributed by atoms with E-state index >= 15 is 0 Å². The molecule has 0 aliphatic heterocycles. The Bertz CT molecular complexity index is 597. The molecule has 1 amide bonds. The van der Waals surface area contributed by atoms with Gasteiger partial charge in [-0.2, -0.15) is 0 Å². The summed E-state index contributed by atoms with van der Waals surface area (Å²) in [5, 5.41) is 0. The monoisotopic (exact) mass is 320 g/mol. The molecule has 0 radical (unpaired) electrons. The summed E-state index contributed by atoms with van der Waals surface area (Å²) in [5.74, 6) is 0.854. The molecule has 0 aromatic heterocycles. The first kappa shape index (κ1) is 13.6. The topological polar surface area (TPSA) is 78.3 Å². The number of rotatable bonds is 4. The first-order valence-corrected chi connectivity index (χ1v) is 6.45. The number of nitrogens with two attached hydrogens (primary N) is 2. The van der Waals surface area contributed by atoms with Crippen LogP contribution in [0.2, 0.25) is 0 Å². The van der Waals surface area contributed by atoms with Crippen LogP contribution in [0.1, 0.15) is 15.9 Å². The van der Waals surface area contributed by atoms with Crippen molar-refractivity contribution in [3.05, 3.63) is 58.1 Å². The molecule has 0 heterocycles.